The Morgan fingerprint density at radius 3 is 2.67 bits per heavy atom. The molecule has 5 nitrogen and oxygen atoms in total. The number of ether oxygens (including phenoxy) is 2. The van der Waals surface area contributed by atoms with Gasteiger partial charge in [-0.3, -0.25) is 0 Å². The Hall–Kier alpha value is -3.26. The number of para-hydroxylation sites is 2. The maximum absolute atomic E-state index is 5.99. The molecule has 0 spiro atoms. The van der Waals surface area contributed by atoms with E-state index in [4.69, 9.17) is 9.47 Å². The van der Waals surface area contributed by atoms with E-state index in [1.807, 2.05) is 54.7 Å². The van der Waals surface area contributed by atoms with Crippen LogP contribution >= 0.6 is 0 Å². The molecule has 0 unspecified atom stereocenters. The predicted molar refractivity (Wildman–Crippen MR) is 101 cm³/mol. The third-order valence-corrected chi connectivity index (χ3v) is 4.68. The number of benzene rings is 2. The summed E-state index contributed by atoms with van der Waals surface area (Å²) < 4.78 is 13.6. The quantitative estimate of drug-likeness (QED) is 0.673. The minimum atomic E-state index is -0.0884. The van der Waals surface area contributed by atoms with Crippen molar-refractivity contribution in [3.63, 3.8) is 0 Å². The standard InChI is InChI=1S/C22H19N3O2/c1-2-4-22-21(3-1)26-15-19(27-22)13-25-14-20(23-24-25)18-11-9-17(10-12-18)8-7-16-5-6-16/h1-4,9-12,14,16,19H,5-6,13,15H2/t19-/m0/s1. The summed E-state index contributed by atoms with van der Waals surface area (Å²) in [4.78, 5) is 0. The van der Waals surface area contributed by atoms with Crippen LogP contribution in [0.4, 0.5) is 0 Å². The van der Waals surface area contributed by atoms with E-state index in [0.29, 0.717) is 19.1 Å². The number of hydrogen-bond acceptors (Lipinski definition) is 4. The van der Waals surface area contributed by atoms with Crippen LogP contribution in [0.2, 0.25) is 0 Å². The summed E-state index contributed by atoms with van der Waals surface area (Å²) in [6.07, 6.45) is 4.34. The Morgan fingerprint density at radius 1 is 1.04 bits per heavy atom. The molecule has 1 aliphatic heterocycles. The number of aromatic nitrogens is 3. The maximum atomic E-state index is 5.99. The van der Waals surface area contributed by atoms with Crippen LogP contribution in [0.25, 0.3) is 11.3 Å². The summed E-state index contributed by atoms with van der Waals surface area (Å²) in [6.45, 7) is 1.09. The Bertz CT molecular complexity index is 1010. The zero-order chi connectivity index (χ0) is 18.1. The summed E-state index contributed by atoms with van der Waals surface area (Å²) in [5.41, 5.74) is 2.92. The topological polar surface area (TPSA) is 49.2 Å². The zero-order valence-electron chi connectivity index (χ0n) is 14.8. The van der Waals surface area contributed by atoms with Gasteiger partial charge in [0, 0.05) is 17.0 Å². The average molecular weight is 357 g/mol. The molecule has 0 bridgehead atoms. The lowest BCUT2D eigenvalue weighted by atomic mass is 10.1. The lowest BCUT2D eigenvalue weighted by Gasteiger charge is -2.26. The first-order valence-corrected chi connectivity index (χ1v) is 9.24. The molecule has 5 rings (SSSR count). The SMILES string of the molecule is C(#CC1CC1)c1ccc(-c2cn(C[C@H]3COc4ccccc4O3)nn2)cc1. The molecule has 3 aromatic rings. The Morgan fingerprint density at radius 2 is 1.85 bits per heavy atom. The van der Waals surface area contributed by atoms with E-state index < -0.39 is 0 Å². The summed E-state index contributed by atoms with van der Waals surface area (Å²) in [7, 11) is 0. The Labute approximate surface area is 157 Å². The lowest BCUT2D eigenvalue weighted by molar-refractivity contribution is 0.0755. The second-order valence-corrected chi connectivity index (χ2v) is 6.94. The van der Waals surface area contributed by atoms with Crippen molar-refractivity contribution in [1.29, 1.82) is 0 Å². The fourth-order valence-electron chi connectivity index (χ4n) is 3.02. The van der Waals surface area contributed by atoms with Gasteiger partial charge in [0.25, 0.3) is 0 Å². The summed E-state index contributed by atoms with van der Waals surface area (Å²) >= 11 is 0. The van der Waals surface area contributed by atoms with Crippen molar-refractivity contribution >= 4 is 0 Å². The average Bonchev–Trinajstić information content (AvgIpc) is 3.44. The summed E-state index contributed by atoms with van der Waals surface area (Å²) in [5, 5.41) is 8.53. The molecule has 1 fully saturated rings. The second kappa shape index (κ2) is 6.81. The highest BCUT2D eigenvalue weighted by molar-refractivity contribution is 5.59. The monoisotopic (exact) mass is 357 g/mol. The van der Waals surface area contributed by atoms with Crippen LogP contribution in [-0.4, -0.2) is 27.7 Å². The second-order valence-electron chi connectivity index (χ2n) is 6.94. The third-order valence-electron chi connectivity index (χ3n) is 4.68. The fourth-order valence-corrected chi connectivity index (χ4v) is 3.02. The van der Waals surface area contributed by atoms with Crippen molar-refractivity contribution in [1.82, 2.24) is 15.0 Å². The van der Waals surface area contributed by atoms with Crippen LogP contribution < -0.4 is 9.47 Å². The number of hydrogen-bond donors (Lipinski definition) is 0. The van der Waals surface area contributed by atoms with Crippen LogP contribution in [0.15, 0.2) is 54.7 Å². The van der Waals surface area contributed by atoms with Crippen LogP contribution in [0.3, 0.4) is 0 Å². The van der Waals surface area contributed by atoms with Crippen molar-refractivity contribution < 1.29 is 9.47 Å². The van der Waals surface area contributed by atoms with Gasteiger partial charge in [-0.1, -0.05) is 41.3 Å². The first-order chi connectivity index (χ1) is 13.3. The van der Waals surface area contributed by atoms with Crippen molar-refractivity contribution in [3.05, 3.63) is 60.3 Å². The number of rotatable bonds is 3. The highest BCUT2D eigenvalue weighted by atomic mass is 16.6. The smallest absolute Gasteiger partial charge is 0.161 e. The van der Waals surface area contributed by atoms with Crippen molar-refractivity contribution in [2.75, 3.05) is 6.61 Å². The molecule has 1 atom stereocenters. The third kappa shape index (κ3) is 3.65. The van der Waals surface area contributed by atoms with Gasteiger partial charge in [-0.25, -0.2) is 4.68 Å². The van der Waals surface area contributed by atoms with E-state index in [2.05, 4.69) is 22.2 Å². The van der Waals surface area contributed by atoms with Gasteiger partial charge in [0.05, 0.1) is 12.7 Å². The maximum Gasteiger partial charge on any atom is 0.161 e. The minimum Gasteiger partial charge on any atom is -0.486 e. The van der Waals surface area contributed by atoms with Gasteiger partial charge in [-0.05, 0) is 37.1 Å². The molecule has 0 radical (unpaired) electrons. The molecule has 1 aromatic heterocycles. The van der Waals surface area contributed by atoms with E-state index in [0.717, 1.165) is 28.3 Å². The molecule has 0 saturated heterocycles. The molecule has 2 aliphatic rings. The molecule has 0 amide bonds. The van der Waals surface area contributed by atoms with Gasteiger partial charge in [0.1, 0.15) is 12.3 Å². The molecule has 1 aliphatic carbocycles. The first-order valence-electron chi connectivity index (χ1n) is 9.24. The van der Waals surface area contributed by atoms with Gasteiger partial charge >= 0.3 is 0 Å². The van der Waals surface area contributed by atoms with Crippen LogP contribution in [0.5, 0.6) is 11.5 Å². The largest absolute Gasteiger partial charge is 0.486 e. The van der Waals surface area contributed by atoms with E-state index in [9.17, 15) is 0 Å². The van der Waals surface area contributed by atoms with Crippen molar-refractivity contribution in [2.24, 2.45) is 5.92 Å². The van der Waals surface area contributed by atoms with Gasteiger partial charge in [0.15, 0.2) is 17.6 Å². The first kappa shape index (κ1) is 16.0. The molecule has 0 N–H and O–H groups in total. The van der Waals surface area contributed by atoms with E-state index in [-0.39, 0.29) is 6.10 Å². The summed E-state index contributed by atoms with van der Waals surface area (Å²) in [5.74, 6) is 8.69. The zero-order valence-corrected chi connectivity index (χ0v) is 14.8. The molecule has 2 aromatic carbocycles. The molecule has 1 saturated carbocycles. The van der Waals surface area contributed by atoms with Crippen LogP contribution in [-0.2, 0) is 6.54 Å². The highest BCUT2D eigenvalue weighted by Gasteiger charge is 2.21. The summed E-state index contributed by atoms with van der Waals surface area (Å²) in [6, 6.07) is 15.9. The van der Waals surface area contributed by atoms with Crippen LogP contribution in [0.1, 0.15) is 18.4 Å². The minimum absolute atomic E-state index is 0.0884. The normalized spacial score (nSPS) is 17.9. The molecular weight excluding hydrogens is 338 g/mol. The molecule has 5 heteroatoms. The van der Waals surface area contributed by atoms with Gasteiger partial charge in [0.2, 0.25) is 0 Å². The van der Waals surface area contributed by atoms with E-state index in [1.165, 1.54) is 12.8 Å². The molecule has 2 heterocycles. The highest BCUT2D eigenvalue weighted by Crippen LogP contribution is 2.31. The molecule has 134 valence electrons. The molecule has 27 heavy (non-hydrogen) atoms. The van der Waals surface area contributed by atoms with Gasteiger partial charge in [-0.2, -0.15) is 0 Å². The van der Waals surface area contributed by atoms with E-state index in [1.54, 1.807) is 4.68 Å². The Kier molecular flexibility index (Phi) is 4.02. The fraction of sp³-hybridized carbons (Fsp3) is 0.273. The predicted octanol–water partition coefficient (Wildman–Crippen LogP) is 3.55. The van der Waals surface area contributed by atoms with Crippen LogP contribution in [0, 0.1) is 17.8 Å². The number of fused-ring (bicyclic) bond motifs is 1. The van der Waals surface area contributed by atoms with Gasteiger partial charge in [-0.15, -0.1) is 5.10 Å². The van der Waals surface area contributed by atoms with Gasteiger partial charge < -0.3 is 9.47 Å². The number of nitrogens with zero attached hydrogens (tertiary/aromatic N) is 3. The van der Waals surface area contributed by atoms with Crippen molar-refractivity contribution in [3.8, 4) is 34.6 Å². The van der Waals surface area contributed by atoms with E-state index >= 15 is 0 Å². The van der Waals surface area contributed by atoms with Crippen molar-refractivity contribution in [2.45, 2.75) is 25.5 Å². The Balaban J connectivity index is 1.25. The molecular formula is C22H19N3O2. The lowest BCUT2D eigenvalue weighted by Crippen LogP contribution is -2.33.